The molecule has 2 N–H and O–H groups in total. The molecule has 0 aliphatic heterocycles. The van der Waals surface area contributed by atoms with E-state index >= 15 is 0 Å². The van der Waals surface area contributed by atoms with Gasteiger partial charge in [-0.05, 0) is 25.7 Å². The van der Waals surface area contributed by atoms with Crippen LogP contribution in [-0.4, -0.2) is 33.8 Å². The normalized spacial score (nSPS) is 14.6. The number of hydrogen-bond donors (Lipinski definition) is 2. The zero-order valence-electron chi connectivity index (χ0n) is 12.1. The fraction of sp³-hybridized carbons (Fsp3) is 0.615. The minimum Gasteiger partial charge on any atom is -0.356 e. The van der Waals surface area contributed by atoms with Gasteiger partial charge in [0.25, 0.3) is 0 Å². The van der Waals surface area contributed by atoms with Crippen molar-refractivity contribution in [3.63, 3.8) is 0 Å². The van der Waals surface area contributed by atoms with Crippen molar-refractivity contribution in [3.05, 3.63) is 24.3 Å². The Kier molecular flexibility index (Phi) is 6.97. The van der Waals surface area contributed by atoms with Crippen molar-refractivity contribution in [2.45, 2.75) is 26.3 Å². The molecule has 112 valence electrons. The van der Waals surface area contributed by atoms with Gasteiger partial charge in [0, 0.05) is 20.1 Å². The van der Waals surface area contributed by atoms with Crippen LogP contribution in [0.4, 0.5) is 0 Å². The second-order valence-corrected chi connectivity index (χ2v) is 4.88. The van der Waals surface area contributed by atoms with E-state index in [1.165, 1.54) is 12.8 Å². The standard InChI is InChI=1S/C13H22N6.HI/c1-4-7-14-13(15-8-11-5-6-11)16-9-12-18-17-10(2)19(12)3;/h4,11H,1,5-9H2,2-3H3,(H2,14,15,16);1H. The van der Waals surface area contributed by atoms with Crippen LogP contribution in [-0.2, 0) is 13.6 Å². The number of aromatic nitrogens is 3. The molecule has 1 aliphatic rings. The van der Waals surface area contributed by atoms with Gasteiger partial charge in [0.1, 0.15) is 12.4 Å². The quantitative estimate of drug-likeness (QED) is 0.333. The summed E-state index contributed by atoms with van der Waals surface area (Å²) in [5, 5.41) is 14.7. The Morgan fingerprint density at radius 3 is 2.75 bits per heavy atom. The Balaban J connectivity index is 0.00000200. The molecule has 1 aromatic heterocycles. The first-order valence-corrected chi connectivity index (χ1v) is 6.68. The molecular weight excluding hydrogens is 367 g/mol. The number of halogens is 1. The molecule has 0 amide bonds. The van der Waals surface area contributed by atoms with Gasteiger partial charge in [-0.2, -0.15) is 0 Å². The molecule has 6 nitrogen and oxygen atoms in total. The lowest BCUT2D eigenvalue weighted by atomic mass is 10.4. The molecule has 1 fully saturated rings. The van der Waals surface area contributed by atoms with E-state index in [-0.39, 0.29) is 24.0 Å². The van der Waals surface area contributed by atoms with Gasteiger partial charge in [-0.3, -0.25) is 0 Å². The summed E-state index contributed by atoms with van der Waals surface area (Å²) in [6, 6.07) is 0. The summed E-state index contributed by atoms with van der Waals surface area (Å²) in [5.74, 6) is 3.39. The maximum absolute atomic E-state index is 4.53. The van der Waals surface area contributed by atoms with Gasteiger partial charge in [-0.25, -0.2) is 4.99 Å². The third-order valence-electron chi connectivity index (χ3n) is 3.23. The summed E-state index contributed by atoms with van der Waals surface area (Å²) < 4.78 is 1.95. The van der Waals surface area contributed by atoms with E-state index in [0.717, 1.165) is 30.1 Å². The number of rotatable bonds is 6. The third-order valence-corrected chi connectivity index (χ3v) is 3.23. The number of hydrogen-bond acceptors (Lipinski definition) is 3. The fourth-order valence-corrected chi connectivity index (χ4v) is 1.64. The van der Waals surface area contributed by atoms with Crippen LogP contribution >= 0.6 is 24.0 Å². The number of aryl methyl sites for hydroxylation is 1. The van der Waals surface area contributed by atoms with E-state index in [1.807, 2.05) is 24.6 Å². The lowest BCUT2D eigenvalue weighted by Crippen LogP contribution is -2.38. The Labute approximate surface area is 137 Å². The molecule has 20 heavy (non-hydrogen) atoms. The van der Waals surface area contributed by atoms with E-state index in [4.69, 9.17) is 0 Å². The fourth-order valence-electron chi connectivity index (χ4n) is 1.64. The highest BCUT2D eigenvalue weighted by Crippen LogP contribution is 2.27. The first-order chi connectivity index (χ1) is 9.20. The van der Waals surface area contributed by atoms with Crippen LogP contribution < -0.4 is 10.6 Å². The number of nitrogens with one attached hydrogen (secondary N) is 2. The molecule has 0 unspecified atom stereocenters. The summed E-state index contributed by atoms with van der Waals surface area (Å²) in [5.41, 5.74) is 0. The first kappa shape index (κ1) is 16.9. The van der Waals surface area contributed by atoms with Gasteiger partial charge in [-0.1, -0.05) is 6.08 Å². The molecule has 2 rings (SSSR count). The molecule has 0 radical (unpaired) electrons. The molecule has 0 bridgehead atoms. The zero-order chi connectivity index (χ0) is 13.7. The third kappa shape index (κ3) is 5.10. The monoisotopic (exact) mass is 390 g/mol. The van der Waals surface area contributed by atoms with E-state index < -0.39 is 0 Å². The van der Waals surface area contributed by atoms with Crippen LogP contribution in [0.25, 0.3) is 0 Å². The maximum atomic E-state index is 4.53. The lowest BCUT2D eigenvalue weighted by molar-refractivity contribution is 0.731. The molecule has 1 saturated carbocycles. The SMILES string of the molecule is C=CCNC(=NCc1nnc(C)n1C)NCC1CC1.I. The van der Waals surface area contributed by atoms with Crippen LogP contribution in [0.5, 0.6) is 0 Å². The van der Waals surface area contributed by atoms with E-state index in [1.54, 1.807) is 0 Å². The number of aliphatic imine (C=N–C) groups is 1. The van der Waals surface area contributed by atoms with Crippen molar-refractivity contribution in [3.8, 4) is 0 Å². The van der Waals surface area contributed by atoms with Crippen molar-refractivity contribution < 1.29 is 0 Å². The lowest BCUT2D eigenvalue weighted by Gasteiger charge is -2.10. The summed E-state index contributed by atoms with van der Waals surface area (Å²) in [7, 11) is 1.95. The number of nitrogens with zero attached hydrogens (tertiary/aromatic N) is 4. The largest absolute Gasteiger partial charge is 0.356 e. The Morgan fingerprint density at radius 2 is 2.20 bits per heavy atom. The topological polar surface area (TPSA) is 67.1 Å². The molecule has 0 spiro atoms. The second-order valence-electron chi connectivity index (χ2n) is 4.88. The molecule has 0 atom stereocenters. The van der Waals surface area contributed by atoms with Crippen molar-refractivity contribution in [1.82, 2.24) is 25.4 Å². The Hall–Kier alpha value is -1.12. The van der Waals surface area contributed by atoms with E-state index in [9.17, 15) is 0 Å². The van der Waals surface area contributed by atoms with Crippen molar-refractivity contribution in [1.29, 1.82) is 0 Å². The van der Waals surface area contributed by atoms with Crippen molar-refractivity contribution in [2.75, 3.05) is 13.1 Å². The summed E-state index contributed by atoms with van der Waals surface area (Å²) in [6.45, 7) is 7.85. The molecule has 7 heteroatoms. The highest BCUT2D eigenvalue weighted by molar-refractivity contribution is 14.0. The van der Waals surface area contributed by atoms with Gasteiger partial charge in [0.2, 0.25) is 0 Å². The van der Waals surface area contributed by atoms with Crippen LogP contribution in [0.3, 0.4) is 0 Å². The molecule has 1 heterocycles. The average Bonchev–Trinajstić information content (AvgIpc) is 3.18. The summed E-state index contributed by atoms with van der Waals surface area (Å²) in [4.78, 5) is 4.53. The van der Waals surface area contributed by atoms with Crippen LogP contribution in [0.15, 0.2) is 17.6 Å². The molecule has 0 aromatic carbocycles. The maximum Gasteiger partial charge on any atom is 0.191 e. The minimum atomic E-state index is 0. The Morgan fingerprint density at radius 1 is 1.45 bits per heavy atom. The van der Waals surface area contributed by atoms with Gasteiger partial charge < -0.3 is 15.2 Å². The first-order valence-electron chi connectivity index (χ1n) is 6.68. The highest BCUT2D eigenvalue weighted by Gasteiger charge is 2.21. The van der Waals surface area contributed by atoms with Crippen LogP contribution in [0.2, 0.25) is 0 Å². The molecular formula is C13H23IN6. The van der Waals surface area contributed by atoms with E-state index in [2.05, 4.69) is 32.4 Å². The number of guanidine groups is 1. The predicted octanol–water partition coefficient (Wildman–Crippen LogP) is 1.37. The highest BCUT2D eigenvalue weighted by atomic mass is 127. The molecule has 1 aliphatic carbocycles. The van der Waals surface area contributed by atoms with Crippen LogP contribution in [0, 0.1) is 12.8 Å². The predicted molar refractivity (Wildman–Crippen MR) is 91.2 cm³/mol. The van der Waals surface area contributed by atoms with Crippen molar-refractivity contribution >= 4 is 29.9 Å². The zero-order valence-corrected chi connectivity index (χ0v) is 14.4. The summed E-state index contributed by atoms with van der Waals surface area (Å²) >= 11 is 0. The minimum absolute atomic E-state index is 0. The van der Waals surface area contributed by atoms with Gasteiger partial charge in [0.15, 0.2) is 11.8 Å². The van der Waals surface area contributed by atoms with Gasteiger partial charge >= 0.3 is 0 Å². The summed E-state index contributed by atoms with van der Waals surface area (Å²) in [6.07, 6.45) is 4.47. The van der Waals surface area contributed by atoms with Crippen LogP contribution in [0.1, 0.15) is 24.5 Å². The molecule has 0 saturated heterocycles. The van der Waals surface area contributed by atoms with Crippen molar-refractivity contribution in [2.24, 2.45) is 18.0 Å². The van der Waals surface area contributed by atoms with E-state index in [0.29, 0.717) is 13.1 Å². The molecule has 1 aromatic rings. The van der Waals surface area contributed by atoms with Gasteiger partial charge in [-0.15, -0.1) is 40.8 Å². The Bertz CT molecular complexity index is 463. The second kappa shape index (κ2) is 8.23. The smallest absolute Gasteiger partial charge is 0.191 e. The van der Waals surface area contributed by atoms with Gasteiger partial charge in [0.05, 0.1) is 0 Å². The average molecular weight is 390 g/mol.